The van der Waals surface area contributed by atoms with Crippen molar-refractivity contribution in [3.63, 3.8) is 0 Å². The standard InChI is InChI=1S/C14H14FN3O3/c15-11-1-2-12(10(6-11)7-16)17-14(21)18-4-3-9(8-18)5-13(19)20/h1-2,6,9H,3-5,8H2,(H,17,21)(H,19,20). The fourth-order valence-electron chi connectivity index (χ4n) is 2.34. The van der Waals surface area contributed by atoms with E-state index in [0.29, 0.717) is 19.5 Å². The summed E-state index contributed by atoms with van der Waals surface area (Å²) in [6.45, 7) is 0.827. The molecule has 2 rings (SSSR count). The molecule has 0 spiro atoms. The molecule has 110 valence electrons. The normalized spacial score (nSPS) is 17.3. The summed E-state index contributed by atoms with van der Waals surface area (Å²) in [5, 5.41) is 20.2. The average molecular weight is 291 g/mol. The van der Waals surface area contributed by atoms with E-state index in [4.69, 9.17) is 10.4 Å². The van der Waals surface area contributed by atoms with Crippen LogP contribution in [0.15, 0.2) is 18.2 Å². The van der Waals surface area contributed by atoms with Crippen LogP contribution in [0.2, 0.25) is 0 Å². The molecule has 21 heavy (non-hydrogen) atoms. The Bertz CT molecular complexity index is 612. The summed E-state index contributed by atoms with van der Waals surface area (Å²) >= 11 is 0. The maximum Gasteiger partial charge on any atom is 0.321 e. The zero-order chi connectivity index (χ0) is 15.4. The van der Waals surface area contributed by atoms with E-state index >= 15 is 0 Å². The zero-order valence-corrected chi connectivity index (χ0v) is 11.2. The van der Waals surface area contributed by atoms with E-state index in [1.807, 2.05) is 6.07 Å². The van der Waals surface area contributed by atoms with Crippen molar-refractivity contribution in [3.8, 4) is 6.07 Å². The number of nitrogens with one attached hydrogen (secondary N) is 1. The van der Waals surface area contributed by atoms with Crippen molar-refractivity contribution in [3.05, 3.63) is 29.6 Å². The Kier molecular flexibility index (Phi) is 4.38. The predicted octanol–water partition coefficient (Wildman–Crippen LogP) is 2.03. The SMILES string of the molecule is N#Cc1cc(F)ccc1NC(=O)N1CCC(CC(=O)O)C1. The fourth-order valence-corrected chi connectivity index (χ4v) is 2.34. The van der Waals surface area contributed by atoms with Crippen LogP contribution in [0.3, 0.4) is 0 Å². The van der Waals surface area contributed by atoms with Gasteiger partial charge < -0.3 is 15.3 Å². The highest BCUT2D eigenvalue weighted by molar-refractivity contribution is 5.91. The minimum Gasteiger partial charge on any atom is -0.481 e. The maximum absolute atomic E-state index is 13.0. The first-order chi connectivity index (χ1) is 9.99. The molecule has 1 heterocycles. The summed E-state index contributed by atoms with van der Waals surface area (Å²) in [4.78, 5) is 24.2. The Balaban J connectivity index is 2.00. The maximum atomic E-state index is 13.0. The number of hydrogen-bond acceptors (Lipinski definition) is 3. The van der Waals surface area contributed by atoms with Crippen molar-refractivity contribution in [1.82, 2.24) is 4.90 Å². The number of urea groups is 1. The van der Waals surface area contributed by atoms with Crippen molar-refractivity contribution in [2.75, 3.05) is 18.4 Å². The molecule has 2 amide bonds. The van der Waals surface area contributed by atoms with Crippen LogP contribution in [0.5, 0.6) is 0 Å². The fraction of sp³-hybridized carbons (Fsp3) is 0.357. The Morgan fingerprint density at radius 3 is 2.95 bits per heavy atom. The molecular formula is C14H14FN3O3. The van der Waals surface area contributed by atoms with Crippen molar-refractivity contribution in [2.45, 2.75) is 12.8 Å². The number of carboxylic acids is 1. The van der Waals surface area contributed by atoms with Gasteiger partial charge in [-0.2, -0.15) is 5.26 Å². The molecule has 0 saturated carbocycles. The number of amides is 2. The molecular weight excluding hydrogens is 277 g/mol. The number of rotatable bonds is 3. The number of aliphatic carboxylic acids is 1. The Morgan fingerprint density at radius 2 is 2.29 bits per heavy atom. The van der Waals surface area contributed by atoms with Gasteiger partial charge in [-0.15, -0.1) is 0 Å². The van der Waals surface area contributed by atoms with Crippen LogP contribution in [0.1, 0.15) is 18.4 Å². The van der Waals surface area contributed by atoms with E-state index in [-0.39, 0.29) is 23.6 Å². The Morgan fingerprint density at radius 1 is 1.52 bits per heavy atom. The predicted molar refractivity (Wildman–Crippen MR) is 72.1 cm³/mol. The highest BCUT2D eigenvalue weighted by Gasteiger charge is 2.28. The molecule has 6 nitrogen and oxygen atoms in total. The number of likely N-dealkylation sites (tertiary alicyclic amines) is 1. The molecule has 1 atom stereocenters. The zero-order valence-electron chi connectivity index (χ0n) is 11.2. The molecule has 0 bridgehead atoms. The van der Waals surface area contributed by atoms with Crippen LogP contribution in [-0.4, -0.2) is 35.1 Å². The lowest BCUT2D eigenvalue weighted by Crippen LogP contribution is -2.33. The summed E-state index contributed by atoms with van der Waals surface area (Å²) in [6.07, 6.45) is 0.665. The smallest absolute Gasteiger partial charge is 0.321 e. The van der Waals surface area contributed by atoms with E-state index < -0.39 is 17.8 Å². The number of halogens is 1. The monoisotopic (exact) mass is 291 g/mol. The second-order valence-corrected chi connectivity index (χ2v) is 4.93. The van der Waals surface area contributed by atoms with Crippen LogP contribution >= 0.6 is 0 Å². The number of benzene rings is 1. The van der Waals surface area contributed by atoms with Crippen LogP contribution in [0, 0.1) is 23.1 Å². The second-order valence-electron chi connectivity index (χ2n) is 4.93. The first-order valence-electron chi connectivity index (χ1n) is 6.47. The summed E-state index contributed by atoms with van der Waals surface area (Å²) in [7, 11) is 0. The van der Waals surface area contributed by atoms with E-state index in [1.54, 1.807) is 0 Å². The van der Waals surface area contributed by atoms with Crippen molar-refractivity contribution in [2.24, 2.45) is 5.92 Å². The molecule has 0 aromatic heterocycles. The molecule has 1 aliphatic heterocycles. The number of nitriles is 1. The van der Waals surface area contributed by atoms with Crippen molar-refractivity contribution < 1.29 is 19.1 Å². The van der Waals surface area contributed by atoms with Gasteiger partial charge in [-0.3, -0.25) is 4.79 Å². The summed E-state index contributed by atoms with van der Waals surface area (Å²) in [5.41, 5.74) is 0.287. The van der Waals surface area contributed by atoms with Crippen LogP contribution < -0.4 is 5.32 Å². The van der Waals surface area contributed by atoms with E-state index in [0.717, 1.165) is 12.1 Å². The lowest BCUT2D eigenvalue weighted by atomic mass is 10.1. The van der Waals surface area contributed by atoms with Gasteiger partial charge in [0.15, 0.2) is 0 Å². The number of carbonyl (C=O) groups excluding carboxylic acids is 1. The number of carboxylic acid groups (broad SMARTS) is 1. The van der Waals surface area contributed by atoms with Gasteiger partial charge in [0.25, 0.3) is 0 Å². The lowest BCUT2D eigenvalue weighted by molar-refractivity contribution is -0.138. The molecule has 1 saturated heterocycles. The van der Waals surface area contributed by atoms with Gasteiger partial charge in [0.05, 0.1) is 11.3 Å². The number of nitrogens with zero attached hydrogens (tertiary/aromatic N) is 2. The quantitative estimate of drug-likeness (QED) is 0.891. The highest BCUT2D eigenvalue weighted by Crippen LogP contribution is 2.22. The Hall–Kier alpha value is -2.62. The third kappa shape index (κ3) is 3.69. The van der Waals surface area contributed by atoms with Crippen molar-refractivity contribution in [1.29, 1.82) is 5.26 Å². The van der Waals surface area contributed by atoms with Gasteiger partial charge in [-0.25, -0.2) is 9.18 Å². The topological polar surface area (TPSA) is 93.4 Å². The molecule has 1 aromatic carbocycles. The molecule has 1 fully saturated rings. The van der Waals surface area contributed by atoms with E-state index in [1.165, 1.54) is 11.0 Å². The minimum atomic E-state index is -0.882. The van der Waals surface area contributed by atoms with Gasteiger partial charge in [-0.1, -0.05) is 0 Å². The highest BCUT2D eigenvalue weighted by atomic mass is 19.1. The van der Waals surface area contributed by atoms with Gasteiger partial charge >= 0.3 is 12.0 Å². The van der Waals surface area contributed by atoms with Crippen LogP contribution in [0.4, 0.5) is 14.9 Å². The first-order valence-corrected chi connectivity index (χ1v) is 6.47. The van der Waals surface area contributed by atoms with Crippen LogP contribution in [-0.2, 0) is 4.79 Å². The number of hydrogen-bond donors (Lipinski definition) is 2. The molecule has 0 radical (unpaired) electrons. The molecule has 0 aliphatic carbocycles. The number of anilines is 1. The second kappa shape index (κ2) is 6.22. The minimum absolute atomic E-state index is 0.0315. The first kappa shape index (κ1) is 14.8. The molecule has 1 aromatic rings. The van der Waals surface area contributed by atoms with Crippen molar-refractivity contribution >= 4 is 17.7 Å². The lowest BCUT2D eigenvalue weighted by Gasteiger charge is -2.17. The molecule has 1 unspecified atom stereocenters. The summed E-state index contributed by atoms with van der Waals surface area (Å²) in [6, 6.07) is 4.94. The third-order valence-corrected chi connectivity index (χ3v) is 3.38. The molecule has 7 heteroatoms. The third-order valence-electron chi connectivity index (χ3n) is 3.38. The Labute approximate surface area is 120 Å². The van der Waals surface area contributed by atoms with Crippen LogP contribution in [0.25, 0.3) is 0 Å². The molecule has 2 N–H and O–H groups in total. The van der Waals surface area contributed by atoms with Gasteiger partial charge in [-0.05, 0) is 30.5 Å². The summed E-state index contributed by atoms with van der Waals surface area (Å²) < 4.78 is 13.0. The largest absolute Gasteiger partial charge is 0.481 e. The van der Waals surface area contributed by atoms with Gasteiger partial charge in [0, 0.05) is 19.5 Å². The van der Waals surface area contributed by atoms with Gasteiger partial charge in [0.2, 0.25) is 0 Å². The number of carbonyl (C=O) groups is 2. The van der Waals surface area contributed by atoms with E-state index in [2.05, 4.69) is 5.32 Å². The average Bonchev–Trinajstić information content (AvgIpc) is 2.88. The summed E-state index contributed by atoms with van der Waals surface area (Å²) in [5.74, 6) is -1.49. The molecule has 1 aliphatic rings. The van der Waals surface area contributed by atoms with E-state index in [9.17, 15) is 14.0 Å². The van der Waals surface area contributed by atoms with Gasteiger partial charge in [0.1, 0.15) is 11.9 Å².